The first kappa shape index (κ1) is 17.2. The normalized spacial score (nSPS) is 22.6. The lowest BCUT2D eigenvalue weighted by atomic mass is 9.97. The summed E-state index contributed by atoms with van der Waals surface area (Å²) in [6.45, 7) is 2.04. The number of hydrogen-bond acceptors (Lipinski definition) is 3. The first-order chi connectivity index (χ1) is 9.35. The van der Waals surface area contributed by atoms with E-state index >= 15 is 0 Å². The van der Waals surface area contributed by atoms with Gasteiger partial charge in [0.15, 0.2) is 0 Å². The van der Waals surface area contributed by atoms with E-state index in [1.807, 2.05) is 17.3 Å². The Morgan fingerprint density at radius 3 is 2.70 bits per heavy atom. The summed E-state index contributed by atoms with van der Waals surface area (Å²) in [7, 11) is 1.87. The monoisotopic (exact) mass is 295 g/mol. The number of carbonyl (C=O) groups excluding carboxylic acids is 1. The third-order valence-corrected chi connectivity index (χ3v) is 3.74. The number of halogens is 3. The van der Waals surface area contributed by atoms with E-state index in [4.69, 9.17) is 0 Å². The molecule has 1 heterocycles. The first-order valence-electron chi connectivity index (χ1n) is 7.10. The van der Waals surface area contributed by atoms with Crippen molar-refractivity contribution in [3.05, 3.63) is 0 Å². The van der Waals surface area contributed by atoms with Crippen LogP contribution in [0.4, 0.5) is 13.2 Å². The summed E-state index contributed by atoms with van der Waals surface area (Å²) in [6, 6.07) is -0.248. The molecule has 0 bridgehead atoms. The number of carbonyl (C=O) groups is 1. The largest absolute Gasteiger partial charge is 0.405 e. The maximum atomic E-state index is 12.1. The highest BCUT2D eigenvalue weighted by Gasteiger charge is 2.32. The first-order valence-corrected chi connectivity index (χ1v) is 7.10. The SMILES string of the molecule is CNCCC1CCCCN1C(C)C(=O)NCC(F)(F)F. The van der Waals surface area contributed by atoms with Crippen LogP contribution >= 0.6 is 0 Å². The highest BCUT2D eigenvalue weighted by Crippen LogP contribution is 2.22. The zero-order valence-corrected chi connectivity index (χ0v) is 12.1. The summed E-state index contributed by atoms with van der Waals surface area (Å²) in [5, 5.41) is 5.05. The fourth-order valence-corrected chi connectivity index (χ4v) is 2.64. The summed E-state index contributed by atoms with van der Waals surface area (Å²) in [6.07, 6.45) is -0.344. The molecule has 0 aliphatic carbocycles. The molecule has 0 spiro atoms. The maximum Gasteiger partial charge on any atom is 0.405 e. The topological polar surface area (TPSA) is 44.4 Å². The van der Waals surface area contributed by atoms with Gasteiger partial charge in [-0.05, 0) is 46.3 Å². The van der Waals surface area contributed by atoms with Gasteiger partial charge in [0.1, 0.15) is 6.54 Å². The third kappa shape index (κ3) is 5.66. The molecule has 1 aliphatic rings. The summed E-state index contributed by atoms with van der Waals surface area (Å²) in [5.41, 5.74) is 0. The predicted molar refractivity (Wildman–Crippen MR) is 71.4 cm³/mol. The number of nitrogens with one attached hydrogen (secondary N) is 2. The highest BCUT2D eigenvalue weighted by molar-refractivity contribution is 5.81. The Bertz CT molecular complexity index is 310. The van der Waals surface area contributed by atoms with Crippen LogP contribution < -0.4 is 10.6 Å². The van der Waals surface area contributed by atoms with Gasteiger partial charge in [0.2, 0.25) is 5.91 Å². The van der Waals surface area contributed by atoms with Gasteiger partial charge < -0.3 is 10.6 Å². The van der Waals surface area contributed by atoms with Crippen LogP contribution in [0.3, 0.4) is 0 Å². The average molecular weight is 295 g/mol. The standard InChI is InChI=1S/C13H24F3N3O/c1-10(12(20)18-9-13(14,15)16)19-8-4-3-5-11(19)6-7-17-2/h10-11,17H,3-9H2,1-2H3,(H,18,20). The summed E-state index contributed by atoms with van der Waals surface area (Å²) < 4.78 is 36.4. The van der Waals surface area contributed by atoms with E-state index in [1.165, 1.54) is 0 Å². The van der Waals surface area contributed by atoms with Crippen LogP contribution in [0.15, 0.2) is 0 Å². The van der Waals surface area contributed by atoms with Crippen molar-refractivity contribution in [3.63, 3.8) is 0 Å². The Hall–Kier alpha value is -0.820. The van der Waals surface area contributed by atoms with Crippen molar-refractivity contribution < 1.29 is 18.0 Å². The lowest BCUT2D eigenvalue weighted by Crippen LogP contribution is -2.53. The van der Waals surface area contributed by atoms with E-state index in [2.05, 4.69) is 5.32 Å². The van der Waals surface area contributed by atoms with Gasteiger partial charge in [-0.25, -0.2) is 0 Å². The minimum atomic E-state index is -4.36. The Labute approximate surface area is 118 Å². The summed E-state index contributed by atoms with van der Waals surface area (Å²) in [4.78, 5) is 13.9. The van der Waals surface area contributed by atoms with Crippen molar-refractivity contribution in [1.82, 2.24) is 15.5 Å². The molecular formula is C13H24F3N3O. The number of alkyl halides is 3. The van der Waals surface area contributed by atoms with E-state index in [1.54, 1.807) is 6.92 Å². The Balaban J connectivity index is 2.53. The molecule has 0 aromatic carbocycles. The zero-order chi connectivity index (χ0) is 15.2. The van der Waals surface area contributed by atoms with Crippen LogP contribution in [0.2, 0.25) is 0 Å². The molecule has 2 unspecified atom stereocenters. The van der Waals surface area contributed by atoms with Crippen LogP contribution in [-0.4, -0.2) is 55.7 Å². The predicted octanol–water partition coefficient (Wildman–Crippen LogP) is 1.52. The fraction of sp³-hybridized carbons (Fsp3) is 0.923. The Morgan fingerprint density at radius 2 is 2.10 bits per heavy atom. The van der Waals surface area contributed by atoms with Crippen LogP contribution in [-0.2, 0) is 4.79 Å². The quantitative estimate of drug-likeness (QED) is 0.781. The van der Waals surface area contributed by atoms with Crippen LogP contribution in [0.25, 0.3) is 0 Å². The number of piperidine rings is 1. The van der Waals surface area contributed by atoms with Crippen molar-refractivity contribution in [2.24, 2.45) is 0 Å². The number of amides is 1. The van der Waals surface area contributed by atoms with Gasteiger partial charge in [-0.1, -0.05) is 6.42 Å². The molecule has 2 atom stereocenters. The van der Waals surface area contributed by atoms with Crippen molar-refractivity contribution in [1.29, 1.82) is 0 Å². The number of rotatable bonds is 6. The van der Waals surface area contributed by atoms with Gasteiger partial charge in [-0.15, -0.1) is 0 Å². The van der Waals surface area contributed by atoms with E-state index in [-0.39, 0.29) is 6.04 Å². The van der Waals surface area contributed by atoms with Gasteiger partial charge in [-0.2, -0.15) is 13.2 Å². The summed E-state index contributed by atoms with van der Waals surface area (Å²) in [5.74, 6) is -0.543. The van der Waals surface area contributed by atoms with Crippen LogP contribution in [0, 0.1) is 0 Å². The highest BCUT2D eigenvalue weighted by atomic mass is 19.4. The van der Waals surface area contributed by atoms with Gasteiger partial charge >= 0.3 is 6.18 Å². The molecular weight excluding hydrogens is 271 g/mol. The molecule has 4 nitrogen and oxygen atoms in total. The van der Waals surface area contributed by atoms with Crippen molar-refractivity contribution in [2.75, 3.05) is 26.7 Å². The number of hydrogen-bond donors (Lipinski definition) is 2. The minimum Gasteiger partial charge on any atom is -0.346 e. The second-order valence-corrected chi connectivity index (χ2v) is 5.29. The summed E-state index contributed by atoms with van der Waals surface area (Å²) >= 11 is 0. The molecule has 1 saturated heterocycles. The van der Waals surface area contributed by atoms with Crippen molar-refractivity contribution in [3.8, 4) is 0 Å². The van der Waals surface area contributed by atoms with E-state index < -0.39 is 24.7 Å². The lowest BCUT2D eigenvalue weighted by molar-refractivity contribution is -0.142. The lowest BCUT2D eigenvalue weighted by Gasteiger charge is -2.39. The van der Waals surface area contributed by atoms with Gasteiger partial charge in [-0.3, -0.25) is 9.69 Å². The second-order valence-electron chi connectivity index (χ2n) is 5.29. The molecule has 1 amide bonds. The van der Waals surface area contributed by atoms with Crippen molar-refractivity contribution in [2.45, 2.75) is 50.9 Å². The molecule has 0 aromatic heterocycles. The smallest absolute Gasteiger partial charge is 0.346 e. The van der Waals surface area contributed by atoms with E-state index in [0.29, 0.717) is 0 Å². The molecule has 2 N–H and O–H groups in total. The molecule has 118 valence electrons. The number of likely N-dealkylation sites (tertiary alicyclic amines) is 1. The minimum absolute atomic E-state index is 0.267. The fourth-order valence-electron chi connectivity index (χ4n) is 2.64. The molecule has 20 heavy (non-hydrogen) atoms. The van der Waals surface area contributed by atoms with Gasteiger partial charge in [0, 0.05) is 6.04 Å². The molecule has 1 aliphatic heterocycles. The van der Waals surface area contributed by atoms with Crippen LogP contribution in [0.1, 0.15) is 32.6 Å². The van der Waals surface area contributed by atoms with Gasteiger partial charge in [0.05, 0.1) is 6.04 Å². The molecule has 1 fully saturated rings. The third-order valence-electron chi connectivity index (χ3n) is 3.74. The second kappa shape index (κ2) is 7.83. The molecule has 0 aromatic rings. The van der Waals surface area contributed by atoms with Crippen molar-refractivity contribution >= 4 is 5.91 Å². The molecule has 1 rings (SSSR count). The molecule has 7 heteroatoms. The maximum absolute atomic E-state index is 12.1. The molecule has 0 saturated carbocycles. The molecule has 0 radical (unpaired) electrons. The number of nitrogens with zero attached hydrogens (tertiary/aromatic N) is 1. The van der Waals surface area contributed by atoms with E-state index in [0.717, 1.165) is 38.8 Å². The van der Waals surface area contributed by atoms with Crippen LogP contribution in [0.5, 0.6) is 0 Å². The Morgan fingerprint density at radius 1 is 1.40 bits per heavy atom. The van der Waals surface area contributed by atoms with E-state index in [9.17, 15) is 18.0 Å². The Kier molecular flexibility index (Phi) is 6.75. The van der Waals surface area contributed by atoms with Gasteiger partial charge in [0.25, 0.3) is 0 Å². The zero-order valence-electron chi connectivity index (χ0n) is 12.1. The average Bonchev–Trinajstić information content (AvgIpc) is 2.41.